The number of aromatic nitrogens is 2. The molecule has 0 atom stereocenters. The van der Waals surface area contributed by atoms with Gasteiger partial charge in [0.05, 0.1) is 0 Å². The first-order chi connectivity index (χ1) is 12.3. The number of nitrogens with one attached hydrogen (secondary N) is 1. The zero-order chi connectivity index (χ0) is 17.5. The lowest BCUT2D eigenvalue weighted by atomic mass is 10.1. The van der Waals surface area contributed by atoms with Gasteiger partial charge in [-0.3, -0.25) is 4.79 Å². The fourth-order valence-corrected chi connectivity index (χ4v) is 3.67. The summed E-state index contributed by atoms with van der Waals surface area (Å²) in [6.45, 7) is 3.62. The zero-order valence-electron chi connectivity index (χ0n) is 14.7. The number of thioether (sulfide) groups is 1. The van der Waals surface area contributed by atoms with Crippen LogP contribution in [0.4, 0.5) is 0 Å². The van der Waals surface area contributed by atoms with Crippen LogP contribution in [0.5, 0.6) is 0 Å². The molecule has 1 N–H and O–H groups in total. The number of piperidine rings is 1. The van der Waals surface area contributed by atoms with Gasteiger partial charge >= 0.3 is 0 Å². The van der Waals surface area contributed by atoms with Crippen molar-refractivity contribution in [1.82, 2.24) is 19.8 Å². The average Bonchev–Trinajstić information content (AvgIpc) is 3.10. The molecule has 1 amide bonds. The minimum atomic E-state index is 0.0674. The van der Waals surface area contributed by atoms with Gasteiger partial charge in [-0.1, -0.05) is 30.3 Å². The summed E-state index contributed by atoms with van der Waals surface area (Å²) in [5.41, 5.74) is 1.03. The van der Waals surface area contributed by atoms with Gasteiger partial charge in [-0.15, -0.1) is 0 Å². The molecule has 25 heavy (non-hydrogen) atoms. The van der Waals surface area contributed by atoms with Crippen molar-refractivity contribution in [3.8, 4) is 11.4 Å². The van der Waals surface area contributed by atoms with Gasteiger partial charge in [0, 0.05) is 49.4 Å². The molecule has 134 valence electrons. The second kappa shape index (κ2) is 9.06. The minimum Gasteiger partial charge on any atom is -0.352 e. The summed E-state index contributed by atoms with van der Waals surface area (Å²) in [4.78, 5) is 19.3. The highest BCUT2D eigenvalue weighted by Gasteiger charge is 2.20. The number of rotatable bonds is 7. The van der Waals surface area contributed by atoms with E-state index in [0.717, 1.165) is 43.9 Å². The van der Waals surface area contributed by atoms with Gasteiger partial charge in [-0.05, 0) is 19.1 Å². The standard InChI is InChI=1S/C19H26N4OS/c1-25-14-13-22-10-7-17(8-11-22)21-18(24)15-23-12-9-20-19(23)16-5-3-2-4-6-16/h2-6,9,12,17H,7-8,10-11,13-15H2,1H3,(H,21,24). The van der Waals surface area contributed by atoms with Crippen molar-refractivity contribution in [3.05, 3.63) is 42.7 Å². The van der Waals surface area contributed by atoms with Crippen LogP contribution in [0.25, 0.3) is 11.4 Å². The Labute approximate surface area is 153 Å². The Balaban J connectivity index is 1.50. The monoisotopic (exact) mass is 358 g/mol. The average molecular weight is 359 g/mol. The van der Waals surface area contributed by atoms with Crippen LogP contribution in [0.15, 0.2) is 42.7 Å². The van der Waals surface area contributed by atoms with Crippen LogP contribution in [0, 0.1) is 0 Å². The second-order valence-corrected chi connectivity index (χ2v) is 7.41. The number of carbonyl (C=O) groups is 1. The smallest absolute Gasteiger partial charge is 0.240 e. The molecular formula is C19H26N4OS. The molecule has 3 rings (SSSR count). The maximum atomic E-state index is 12.4. The molecule has 0 spiro atoms. The SMILES string of the molecule is CSCCN1CCC(NC(=O)Cn2ccnc2-c2ccccc2)CC1. The Morgan fingerprint density at radius 3 is 2.76 bits per heavy atom. The summed E-state index contributed by atoms with van der Waals surface area (Å²) in [6.07, 6.45) is 7.84. The maximum absolute atomic E-state index is 12.4. The molecule has 2 heterocycles. The third-order valence-corrected chi connectivity index (χ3v) is 5.22. The fourth-order valence-electron chi connectivity index (χ4n) is 3.23. The quantitative estimate of drug-likeness (QED) is 0.826. The predicted molar refractivity (Wildman–Crippen MR) is 104 cm³/mol. The molecule has 1 aromatic carbocycles. The Bertz CT molecular complexity index is 665. The summed E-state index contributed by atoms with van der Waals surface area (Å²) in [7, 11) is 0. The number of benzene rings is 1. The highest BCUT2D eigenvalue weighted by atomic mass is 32.2. The first-order valence-electron chi connectivity index (χ1n) is 8.83. The lowest BCUT2D eigenvalue weighted by molar-refractivity contribution is -0.122. The summed E-state index contributed by atoms with van der Waals surface area (Å²) in [5.74, 6) is 2.08. The molecule has 1 aliphatic heterocycles. The molecule has 0 radical (unpaired) electrons. The molecule has 0 saturated carbocycles. The second-order valence-electron chi connectivity index (χ2n) is 6.42. The Hall–Kier alpha value is -1.79. The molecule has 0 aliphatic carbocycles. The zero-order valence-corrected chi connectivity index (χ0v) is 15.5. The van der Waals surface area contributed by atoms with Crippen molar-refractivity contribution in [2.45, 2.75) is 25.4 Å². The van der Waals surface area contributed by atoms with Crippen LogP contribution in [0.3, 0.4) is 0 Å². The van der Waals surface area contributed by atoms with E-state index in [2.05, 4.69) is 21.5 Å². The first kappa shape index (κ1) is 18.0. The van der Waals surface area contributed by atoms with Crippen molar-refractivity contribution in [2.24, 2.45) is 0 Å². The van der Waals surface area contributed by atoms with Crippen LogP contribution >= 0.6 is 11.8 Å². The number of amides is 1. The number of likely N-dealkylation sites (tertiary alicyclic amines) is 1. The number of carbonyl (C=O) groups excluding carboxylic acids is 1. The summed E-state index contributed by atoms with van der Waals surface area (Å²) >= 11 is 1.89. The molecule has 1 saturated heterocycles. The van der Waals surface area contributed by atoms with Crippen LogP contribution in [-0.4, -0.2) is 58.0 Å². The fraction of sp³-hybridized carbons (Fsp3) is 0.474. The van der Waals surface area contributed by atoms with E-state index in [1.54, 1.807) is 6.20 Å². The molecule has 1 aliphatic rings. The highest BCUT2D eigenvalue weighted by molar-refractivity contribution is 7.98. The van der Waals surface area contributed by atoms with Crippen molar-refractivity contribution in [2.75, 3.05) is 31.6 Å². The summed E-state index contributed by atoms with van der Waals surface area (Å²) < 4.78 is 1.91. The summed E-state index contributed by atoms with van der Waals surface area (Å²) in [5, 5.41) is 3.19. The van der Waals surface area contributed by atoms with E-state index in [0.29, 0.717) is 12.6 Å². The number of nitrogens with zero attached hydrogens (tertiary/aromatic N) is 3. The molecule has 1 fully saturated rings. The van der Waals surface area contributed by atoms with E-state index >= 15 is 0 Å². The van der Waals surface area contributed by atoms with Crippen LogP contribution in [0.2, 0.25) is 0 Å². The molecule has 1 aromatic heterocycles. The van der Waals surface area contributed by atoms with Gasteiger partial charge in [0.15, 0.2) is 0 Å². The highest BCUT2D eigenvalue weighted by Crippen LogP contribution is 2.17. The largest absolute Gasteiger partial charge is 0.352 e. The minimum absolute atomic E-state index is 0.0674. The maximum Gasteiger partial charge on any atom is 0.240 e. The predicted octanol–water partition coefficient (Wildman–Crippen LogP) is 2.49. The Kier molecular flexibility index (Phi) is 6.53. The number of hydrogen-bond acceptors (Lipinski definition) is 4. The number of hydrogen-bond donors (Lipinski definition) is 1. The van der Waals surface area contributed by atoms with Crippen LogP contribution in [0.1, 0.15) is 12.8 Å². The van der Waals surface area contributed by atoms with E-state index in [4.69, 9.17) is 0 Å². The van der Waals surface area contributed by atoms with Gasteiger partial charge in [0.2, 0.25) is 5.91 Å². The topological polar surface area (TPSA) is 50.2 Å². The molecule has 6 heteroatoms. The molecule has 0 unspecified atom stereocenters. The normalized spacial score (nSPS) is 16.0. The summed E-state index contributed by atoms with van der Waals surface area (Å²) in [6, 6.07) is 10.3. The molecular weight excluding hydrogens is 332 g/mol. The Morgan fingerprint density at radius 2 is 2.04 bits per heavy atom. The molecule has 0 bridgehead atoms. The lowest BCUT2D eigenvalue weighted by Crippen LogP contribution is -2.45. The van der Waals surface area contributed by atoms with E-state index in [-0.39, 0.29) is 5.91 Å². The van der Waals surface area contributed by atoms with Crippen LogP contribution in [-0.2, 0) is 11.3 Å². The lowest BCUT2D eigenvalue weighted by Gasteiger charge is -2.32. The van der Waals surface area contributed by atoms with Gasteiger partial charge in [-0.25, -0.2) is 4.98 Å². The Morgan fingerprint density at radius 1 is 1.28 bits per heavy atom. The third kappa shape index (κ3) is 5.09. The third-order valence-electron chi connectivity index (χ3n) is 4.63. The van der Waals surface area contributed by atoms with E-state index in [1.165, 1.54) is 5.75 Å². The van der Waals surface area contributed by atoms with Crippen molar-refractivity contribution < 1.29 is 4.79 Å². The van der Waals surface area contributed by atoms with Gasteiger partial charge < -0.3 is 14.8 Å². The van der Waals surface area contributed by atoms with Crippen LogP contribution < -0.4 is 5.32 Å². The van der Waals surface area contributed by atoms with E-state index < -0.39 is 0 Å². The van der Waals surface area contributed by atoms with Crippen molar-refractivity contribution >= 4 is 17.7 Å². The first-order valence-corrected chi connectivity index (χ1v) is 10.2. The van der Waals surface area contributed by atoms with E-state index in [1.807, 2.05) is 52.9 Å². The molecule has 5 nitrogen and oxygen atoms in total. The van der Waals surface area contributed by atoms with Gasteiger partial charge in [0.25, 0.3) is 0 Å². The van der Waals surface area contributed by atoms with Gasteiger partial charge in [-0.2, -0.15) is 11.8 Å². The molecule has 2 aromatic rings. The van der Waals surface area contributed by atoms with E-state index in [9.17, 15) is 4.79 Å². The van der Waals surface area contributed by atoms with Gasteiger partial charge in [0.1, 0.15) is 12.4 Å². The van der Waals surface area contributed by atoms with Crippen molar-refractivity contribution in [3.63, 3.8) is 0 Å². The number of imidazole rings is 1. The van der Waals surface area contributed by atoms with Crippen molar-refractivity contribution in [1.29, 1.82) is 0 Å².